The maximum atomic E-state index is 12.8. The minimum Gasteiger partial charge on any atom is -0.458 e. The highest BCUT2D eigenvalue weighted by molar-refractivity contribution is 7.89. The first kappa shape index (κ1) is 18.6. The van der Waals surface area contributed by atoms with Gasteiger partial charge in [0.15, 0.2) is 0 Å². The molecule has 138 valence electrons. The number of aryl methyl sites for hydroxylation is 3. The van der Waals surface area contributed by atoms with Gasteiger partial charge in [-0.3, -0.25) is 0 Å². The second kappa shape index (κ2) is 6.54. The summed E-state index contributed by atoms with van der Waals surface area (Å²) >= 11 is 0. The van der Waals surface area contributed by atoms with Crippen LogP contribution in [-0.2, 0) is 15.6 Å². The van der Waals surface area contributed by atoms with E-state index in [4.69, 9.17) is 4.42 Å². The molecule has 6 heteroatoms. The number of furan rings is 1. The van der Waals surface area contributed by atoms with Crippen molar-refractivity contribution in [1.82, 2.24) is 4.72 Å². The Balaban J connectivity index is 1.87. The van der Waals surface area contributed by atoms with Crippen molar-refractivity contribution >= 4 is 21.0 Å². The molecule has 0 spiro atoms. The van der Waals surface area contributed by atoms with Crippen LogP contribution >= 0.6 is 0 Å². The molecular formula is C20H23NO4S. The number of para-hydroxylation sites is 1. The standard InChI is InChI=1S/C20H23NO4S/c1-13-9-14(2)19(15(3)10-13)26(23,24)21-12-20(4,22)18-11-16-7-5-6-8-17(16)25-18/h5-11,21-22H,12H2,1-4H3. The summed E-state index contributed by atoms with van der Waals surface area (Å²) in [4.78, 5) is 0.253. The Morgan fingerprint density at radius 2 is 1.69 bits per heavy atom. The average molecular weight is 373 g/mol. The van der Waals surface area contributed by atoms with Gasteiger partial charge < -0.3 is 9.52 Å². The van der Waals surface area contributed by atoms with Gasteiger partial charge in [0.1, 0.15) is 16.9 Å². The molecule has 0 aliphatic rings. The van der Waals surface area contributed by atoms with Crippen molar-refractivity contribution in [2.75, 3.05) is 6.54 Å². The molecule has 3 aromatic rings. The van der Waals surface area contributed by atoms with E-state index < -0.39 is 15.6 Å². The molecule has 0 bridgehead atoms. The Morgan fingerprint density at radius 3 is 2.31 bits per heavy atom. The molecule has 1 atom stereocenters. The fraction of sp³-hybridized carbons (Fsp3) is 0.300. The van der Waals surface area contributed by atoms with Gasteiger partial charge in [-0.15, -0.1) is 0 Å². The van der Waals surface area contributed by atoms with Crippen molar-refractivity contribution in [1.29, 1.82) is 0 Å². The van der Waals surface area contributed by atoms with Crippen molar-refractivity contribution in [3.05, 3.63) is 64.9 Å². The number of nitrogens with one attached hydrogen (secondary N) is 1. The van der Waals surface area contributed by atoms with Crippen molar-refractivity contribution in [2.45, 2.75) is 38.2 Å². The summed E-state index contributed by atoms with van der Waals surface area (Å²) in [6.45, 7) is 6.80. The summed E-state index contributed by atoms with van der Waals surface area (Å²) in [5.74, 6) is 0.318. The summed E-state index contributed by atoms with van der Waals surface area (Å²) in [5.41, 5.74) is 1.54. The van der Waals surface area contributed by atoms with Crippen molar-refractivity contribution in [3.63, 3.8) is 0 Å². The molecule has 26 heavy (non-hydrogen) atoms. The summed E-state index contributed by atoms with van der Waals surface area (Å²) in [5, 5.41) is 11.6. The SMILES string of the molecule is Cc1cc(C)c(S(=O)(=O)NCC(C)(O)c2cc3ccccc3o2)c(C)c1. The molecule has 0 saturated heterocycles. The molecule has 0 aliphatic heterocycles. The van der Waals surface area contributed by atoms with Crippen LogP contribution in [0.1, 0.15) is 29.4 Å². The second-order valence-corrected chi connectivity index (χ2v) is 8.68. The number of sulfonamides is 1. The first-order valence-corrected chi connectivity index (χ1v) is 9.87. The van der Waals surface area contributed by atoms with Gasteiger partial charge in [-0.2, -0.15) is 0 Å². The Morgan fingerprint density at radius 1 is 1.08 bits per heavy atom. The maximum absolute atomic E-state index is 12.8. The Kier molecular flexibility index (Phi) is 4.69. The lowest BCUT2D eigenvalue weighted by molar-refractivity contribution is 0.0411. The van der Waals surface area contributed by atoms with Gasteiger partial charge in [-0.25, -0.2) is 13.1 Å². The van der Waals surface area contributed by atoms with E-state index in [1.54, 1.807) is 26.0 Å². The van der Waals surface area contributed by atoms with E-state index in [9.17, 15) is 13.5 Å². The van der Waals surface area contributed by atoms with Crippen LogP contribution in [-0.4, -0.2) is 20.1 Å². The second-order valence-electron chi connectivity index (χ2n) is 6.97. The predicted molar refractivity (Wildman–Crippen MR) is 102 cm³/mol. The van der Waals surface area contributed by atoms with E-state index >= 15 is 0 Å². The van der Waals surface area contributed by atoms with Gasteiger partial charge in [0.2, 0.25) is 10.0 Å². The molecule has 0 radical (unpaired) electrons. The zero-order chi connectivity index (χ0) is 19.1. The molecular weight excluding hydrogens is 350 g/mol. The number of aliphatic hydroxyl groups is 1. The first-order valence-electron chi connectivity index (χ1n) is 8.39. The third-order valence-corrected chi connectivity index (χ3v) is 6.14. The van der Waals surface area contributed by atoms with Crippen LogP contribution in [0.3, 0.4) is 0 Å². The zero-order valence-electron chi connectivity index (χ0n) is 15.3. The highest BCUT2D eigenvalue weighted by Gasteiger charge is 2.30. The van der Waals surface area contributed by atoms with Crippen molar-refractivity contribution in [2.24, 2.45) is 0 Å². The van der Waals surface area contributed by atoms with E-state index in [1.165, 1.54) is 6.92 Å². The van der Waals surface area contributed by atoms with Gasteiger partial charge in [0, 0.05) is 11.9 Å². The Hall–Kier alpha value is -2.15. The van der Waals surface area contributed by atoms with E-state index in [2.05, 4.69) is 4.72 Å². The molecule has 2 N–H and O–H groups in total. The smallest absolute Gasteiger partial charge is 0.241 e. The predicted octanol–water partition coefficient (Wildman–Crippen LogP) is 3.54. The van der Waals surface area contributed by atoms with Crippen molar-refractivity contribution < 1.29 is 17.9 Å². The molecule has 0 amide bonds. The summed E-state index contributed by atoms with van der Waals surface area (Å²) in [7, 11) is -3.76. The maximum Gasteiger partial charge on any atom is 0.241 e. The van der Waals surface area contributed by atoms with Gasteiger partial charge >= 0.3 is 0 Å². The molecule has 5 nitrogen and oxygen atoms in total. The zero-order valence-corrected chi connectivity index (χ0v) is 16.1. The van der Waals surface area contributed by atoms with E-state index in [1.807, 2.05) is 37.3 Å². The molecule has 2 aromatic carbocycles. The number of hydrogen-bond donors (Lipinski definition) is 2. The van der Waals surface area contributed by atoms with Gasteiger partial charge in [0.05, 0.1) is 4.90 Å². The lowest BCUT2D eigenvalue weighted by Gasteiger charge is -2.22. The van der Waals surface area contributed by atoms with Crippen LogP contribution in [0.15, 0.2) is 51.8 Å². The fourth-order valence-corrected chi connectivity index (χ4v) is 4.81. The Labute approximate surface area is 153 Å². The average Bonchev–Trinajstić information content (AvgIpc) is 2.97. The third kappa shape index (κ3) is 3.53. The number of rotatable bonds is 5. The van der Waals surface area contributed by atoms with Crippen LogP contribution in [0.2, 0.25) is 0 Å². The lowest BCUT2D eigenvalue weighted by Crippen LogP contribution is -2.38. The minimum absolute atomic E-state index is 0.193. The largest absolute Gasteiger partial charge is 0.458 e. The Bertz CT molecular complexity index is 1010. The molecule has 1 unspecified atom stereocenters. The summed E-state index contributed by atoms with van der Waals surface area (Å²) in [6, 6.07) is 12.8. The monoisotopic (exact) mass is 373 g/mol. The van der Waals surface area contributed by atoms with Crippen LogP contribution in [0, 0.1) is 20.8 Å². The van der Waals surface area contributed by atoms with Gasteiger partial charge in [-0.05, 0) is 51.0 Å². The minimum atomic E-state index is -3.76. The summed E-state index contributed by atoms with van der Waals surface area (Å²) < 4.78 is 33.8. The molecule has 3 rings (SSSR count). The topological polar surface area (TPSA) is 79.5 Å². The van der Waals surface area contributed by atoms with Gasteiger partial charge in [0.25, 0.3) is 0 Å². The van der Waals surface area contributed by atoms with Crippen LogP contribution in [0.4, 0.5) is 0 Å². The number of benzene rings is 2. The first-order chi connectivity index (χ1) is 12.1. The van der Waals surface area contributed by atoms with Crippen LogP contribution < -0.4 is 4.72 Å². The summed E-state index contributed by atoms with van der Waals surface area (Å²) in [6.07, 6.45) is 0. The fourth-order valence-electron chi connectivity index (χ4n) is 3.23. The van der Waals surface area contributed by atoms with Crippen LogP contribution in [0.5, 0.6) is 0 Å². The van der Waals surface area contributed by atoms with E-state index in [0.717, 1.165) is 10.9 Å². The van der Waals surface area contributed by atoms with E-state index in [-0.39, 0.29) is 11.4 Å². The highest BCUT2D eigenvalue weighted by atomic mass is 32.2. The molecule has 1 heterocycles. The van der Waals surface area contributed by atoms with Crippen LogP contribution in [0.25, 0.3) is 11.0 Å². The lowest BCUT2D eigenvalue weighted by atomic mass is 10.0. The molecule has 0 aliphatic carbocycles. The molecule has 0 fully saturated rings. The highest BCUT2D eigenvalue weighted by Crippen LogP contribution is 2.28. The van der Waals surface area contributed by atoms with E-state index in [0.29, 0.717) is 22.5 Å². The third-order valence-electron chi connectivity index (χ3n) is 4.44. The number of hydrogen-bond acceptors (Lipinski definition) is 4. The quantitative estimate of drug-likeness (QED) is 0.717. The molecule has 1 aromatic heterocycles. The van der Waals surface area contributed by atoms with Gasteiger partial charge in [-0.1, -0.05) is 35.9 Å². The normalized spacial score (nSPS) is 14.5. The van der Waals surface area contributed by atoms with Crippen molar-refractivity contribution in [3.8, 4) is 0 Å². The molecule has 0 saturated carbocycles. The number of fused-ring (bicyclic) bond motifs is 1.